The monoisotopic (exact) mass is 617 g/mol. The standard InChI is InChI=1S/C30H35N3O9.ClH/c1-19-26(29(35)39-3)28(27(20(2)32-19)30(36)40-4)24-16-21(33(37)38)12-13-25(24)41-15-9-8-14-31-17-22(34)18-42-23-10-6-5-7-11-23;/h5-13,16,22,28,31-32,34H,14-15,17-18H2,1-4H3;1H/b9-8+;/t22-;/m0./s1. The number of ether oxygens (including phenoxy) is 4. The lowest BCUT2D eigenvalue weighted by Gasteiger charge is -2.30. The number of nitrogens with one attached hydrogen (secondary N) is 2. The number of allylic oxidation sites excluding steroid dienone is 2. The van der Waals surface area contributed by atoms with E-state index < -0.39 is 28.9 Å². The third-order valence-corrected chi connectivity index (χ3v) is 6.42. The maximum atomic E-state index is 12.9. The molecule has 43 heavy (non-hydrogen) atoms. The van der Waals surface area contributed by atoms with E-state index in [0.29, 0.717) is 30.2 Å². The lowest BCUT2D eigenvalue weighted by Crippen LogP contribution is -2.32. The van der Waals surface area contributed by atoms with Crippen molar-refractivity contribution < 1.29 is 38.6 Å². The second kappa shape index (κ2) is 16.9. The number of esters is 2. The first kappa shape index (κ1) is 34.8. The number of benzene rings is 2. The zero-order chi connectivity index (χ0) is 30.6. The molecule has 2 aromatic carbocycles. The number of nitrogens with zero attached hydrogens (tertiary/aromatic N) is 1. The third kappa shape index (κ3) is 9.30. The lowest BCUT2D eigenvalue weighted by atomic mass is 9.80. The largest absolute Gasteiger partial charge is 0.491 e. The molecule has 1 aliphatic rings. The Morgan fingerprint density at radius 3 is 2.23 bits per heavy atom. The molecule has 3 rings (SSSR count). The van der Waals surface area contributed by atoms with Crippen LogP contribution in [-0.4, -0.2) is 68.6 Å². The summed E-state index contributed by atoms with van der Waals surface area (Å²) >= 11 is 0. The highest BCUT2D eigenvalue weighted by molar-refractivity contribution is 6.00. The highest BCUT2D eigenvalue weighted by atomic mass is 35.5. The van der Waals surface area contributed by atoms with E-state index in [9.17, 15) is 24.8 Å². The quantitative estimate of drug-likeness (QED) is 0.0935. The summed E-state index contributed by atoms with van der Waals surface area (Å²) in [5.74, 6) is -1.55. The number of halogens is 1. The van der Waals surface area contributed by atoms with Crippen LogP contribution in [0.25, 0.3) is 0 Å². The molecule has 2 aromatic rings. The number of rotatable bonds is 14. The van der Waals surface area contributed by atoms with Crippen molar-refractivity contribution in [2.45, 2.75) is 25.9 Å². The first-order chi connectivity index (χ1) is 20.2. The van der Waals surface area contributed by atoms with Gasteiger partial charge in [0.2, 0.25) is 0 Å². The minimum atomic E-state index is -1.05. The molecule has 0 unspecified atom stereocenters. The van der Waals surface area contributed by atoms with Crippen LogP contribution in [-0.2, 0) is 19.1 Å². The summed E-state index contributed by atoms with van der Waals surface area (Å²) in [6.45, 7) is 4.28. The smallest absolute Gasteiger partial charge is 0.336 e. The molecule has 0 radical (unpaired) electrons. The van der Waals surface area contributed by atoms with Crippen molar-refractivity contribution in [2.75, 3.05) is 40.5 Å². The Bertz CT molecular complexity index is 1340. The van der Waals surface area contributed by atoms with Crippen LogP contribution in [0.4, 0.5) is 5.69 Å². The van der Waals surface area contributed by atoms with E-state index in [1.807, 2.05) is 30.3 Å². The van der Waals surface area contributed by atoms with Gasteiger partial charge in [0.05, 0.1) is 36.2 Å². The summed E-state index contributed by atoms with van der Waals surface area (Å²) in [6, 6.07) is 13.2. The number of methoxy groups -OCH3 is 2. The molecule has 0 fully saturated rings. The number of carbonyl (C=O) groups is 2. The van der Waals surface area contributed by atoms with Crippen LogP contribution in [0.3, 0.4) is 0 Å². The fraction of sp³-hybridized carbons (Fsp3) is 0.333. The van der Waals surface area contributed by atoms with Gasteiger partial charge in [0.15, 0.2) is 0 Å². The number of nitro groups is 1. The second-order valence-corrected chi connectivity index (χ2v) is 9.32. The first-order valence-electron chi connectivity index (χ1n) is 13.2. The molecule has 0 spiro atoms. The molecule has 0 amide bonds. The van der Waals surface area contributed by atoms with E-state index in [-0.39, 0.29) is 53.8 Å². The van der Waals surface area contributed by atoms with Crippen LogP contribution in [0.1, 0.15) is 25.3 Å². The Kier molecular flexibility index (Phi) is 13.7. The van der Waals surface area contributed by atoms with Gasteiger partial charge in [-0.15, -0.1) is 12.4 Å². The minimum absolute atomic E-state index is 0. The van der Waals surface area contributed by atoms with E-state index >= 15 is 0 Å². The Morgan fingerprint density at radius 1 is 1.02 bits per heavy atom. The van der Waals surface area contributed by atoms with Crippen LogP contribution in [0.2, 0.25) is 0 Å². The van der Waals surface area contributed by atoms with E-state index in [2.05, 4.69) is 10.6 Å². The molecule has 232 valence electrons. The zero-order valence-electron chi connectivity index (χ0n) is 24.3. The van der Waals surface area contributed by atoms with E-state index in [4.69, 9.17) is 18.9 Å². The summed E-state index contributed by atoms with van der Waals surface area (Å²) in [5.41, 5.74) is 1.05. The summed E-state index contributed by atoms with van der Waals surface area (Å²) in [4.78, 5) is 36.8. The molecular formula is C30H36ClN3O9. The van der Waals surface area contributed by atoms with Gasteiger partial charge >= 0.3 is 11.9 Å². The van der Waals surface area contributed by atoms with Crippen molar-refractivity contribution in [3.05, 3.63) is 98.9 Å². The number of para-hydroxylation sites is 1. The number of non-ortho nitro benzene ring substituents is 1. The van der Waals surface area contributed by atoms with Crippen molar-refractivity contribution in [2.24, 2.45) is 0 Å². The van der Waals surface area contributed by atoms with Crippen molar-refractivity contribution >= 4 is 30.0 Å². The van der Waals surface area contributed by atoms with Gasteiger partial charge in [0.1, 0.15) is 30.8 Å². The summed E-state index contributed by atoms with van der Waals surface area (Å²) in [6.07, 6.45) is 2.83. The average molecular weight is 618 g/mol. The van der Waals surface area contributed by atoms with Gasteiger partial charge in [-0.2, -0.15) is 0 Å². The fourth-order valence-corrected chi connectivity index (χ4v) is 4.46. The fourth-order valence-electron chi connectivity index (χ4n) is 4.46. The van der Waals surface area contributed by atoms with E-state index in [1.165, 1.54) is 32.4 Å². The molecule has 1 heterocycles. The van der Waals surface area contributed by atoms with Gasteiger partial charge in [0.25, 0.3) is 5.69 Å². The highest BCUT2D eigenvalue weighted by Gasteiger charge is 2.39. The number of dihydropyridines is 1. The van der Waals surface area contributed by atoms with Crippen molar-refractivity contribution in [1.82, 2.24) is 10.6 Å². The maximum absolute atomic E-state index is 12.9. The molecule has 1 aliphatic heterocycles. The van der Waals surface area contributed by atoms with Crippen LogP contribution < -0.4 is 20.1 Å². The Balaban J connectivity index is 0.00000645. The number of aliphatic hydroxyl groups excluding tert-OH is 1. The Morgan fingerprint density at radius 2 is 1.65 bits per heavy atom. The second-order valence-electron chi connectivity index (χ2n) is 9.32. The molecule has 3 N–H and O–H groups in total. The Hall–Kier alpha value is -4.39. The van der Waals surface area contributed by atoms with Crippen LogP contribution in [0, 0.1) is 10.1 Å². The Labute approximate surface area is 255 Å². The number of nitro benzene ring substituents is 1. The summed E-state index contributed by atoms with van der Waals surface area (Å²) in [5, 5.41) is 27.8. The van der Waals surface area contributed by atoms with Crippen molar-refractivity contribution in [1.29, 1.82) is 0 Å². The topological polar surface area (TPSA) is 158 Å². The van der Waals surface area contributed by atoms with Gasteiger partial charge in [0, 0.05) is 42.2 Å². The number of hydrogen-bond donors (Lipinski definition) is 3. The van der Waals surface area contributed by atoms with Crippen LogP contribution in [0.15, 0.2) is 83.2 Å². The number of aliphatic hydroxyl groups is 1. The highest BCUT2D eigenvalue weighted by Crippen LogP contribution is 2.44. The molecule has 1 atom stereocenters. The molecule has 0 aromatic heterocycles. The van der Waals surface area contributed by atoms with E-state index in [0.717, 1.165) is 0 Å². The van der Waals surface area contributed by atoms with Crippen molar-refractivity contribution in [3.8, 4) is 11.5 Å². The lowest BCUT2D eigenvalue weighted by molar-refractivity contribution is -0.384. The van der Waals surface area contributed by atoms with Crippen molar-refractivity contribution in [3.63, 3.8) is 0 Å². The van der Waals surface area contributed by atoms with Gasteiger partial charge in [-0.3, -0.25) is 10.1 Å². The minimum Gasteiger partial charge on any atom is -0.491 e. The van der Waals surface area contributed by atoms with Gasteiger partial charge in [-0.1, -0.05) is 30.4 Å². The van der Waals surface area contributed by atoms with Gasteiger partial charge in [-0.05, 0) is 32.0 Å². The normalized spacial score (nSPS) is 14.1. The van der Waals surface area contributed by atoms with Crippen LogP contribution >= 0.6 is 12.4 Å². The van der Waals surface area contributed by atoms with Crippen LogP contribution in [0.5, 0.6) is 11.5 Å². The summed E-state index contributed by atoms with van der Waals surface area (Å²) < 4.78 is 21.5. The molecule has 0 bridgehead atoms. The SMILES string of the molecule is COC(=O)C1=C(C)NC(C)=C(C(=O)OC)C1c1cc([N+](=O)[O-])ccc1OC/C=C/CNC[C@H](O)COc1ccccc1.Cl. The first-order valence-corrected chi connectivity index (χ1v) is 13.2. The predicted molar refractivity (Wildman–Crippen MR) is 161 cm³/mol. The molecule has 0 aliphatic carbocycles. The molecule has 0 saturated carbocycles. The average Bonchev–Trinajstić information content (AvgIpc) is 2.99. The molecular weight excluding hydrogens is 582 g/mol. The van der Waals surface area contributed by atoms with Gasteiger partial charge in [-0.25, -0.2) is 9.59 Å². The molecule has 12 nitrogen and oxygen atoms in total. The molecule has 13 heteroatoms. The third-order valence-electron chi connectivity index (χ3n) is 6.42. The number of carbonyl (C=O) groups excluding carboxylic acids is 2. The predicted octanol–water partition coefficient (Wildman–Crippen LogP) is 3.56. The van der Waals surface area contributed by atoms with Gasteiger partial charge < -0.3 is 34.7 Å². The molecule has 0 saturated heterocycles. The zero-order valence-corrected chi connectivity index (χ0v) is 25.1. The number of hydrogen-bond acceptors (Lipinski definition) is 11. The summed E-state index contributed by atoms with van der Waals surface area (Å²) in [7, 11) is 2.42. The maximum Gasteiger partial charge on any atom is 0.336 e. The van der Waals surface area contributed by atoms with E-state index in [1.54, 1.807) is 26.0 Å².